The molecule has 1 aromatic carbocycles. The van der Waals surface area contributed by atoms with Gasteiger partial charge in [0.1, 0.15) is 11.6 Å². The monoisotopic (exact) mass is 238 g/mol. The van der Waals surface area contributed by atoms with Crippen molar-refractivity contribution >= 4 is 5.69 Å². The van der Waals surface area contributed by atoms with Crippen LogP contribution in [0.1, 0.15) is 13.3 Å². The van der Waals surface area contributed by atoms with Crippen molar-refractivity contribution in [2.24, 2.45) is 0 Å². The molecule has 1 fully saturated rings. The maximum Gasteiger partial charge on any atom is 0.128 e. The summed E-state index contributed by atoms with van der Waals surface area (Å²) in [4.78, 5) is 2.20. The zero-order valence-electron chi connectivity index (χ0n) is 10.4. The van der Waals surface area contributed by atoms with Gasteiger partial charge >= 0.3 is 0 Å². The van der Waals surface area contributed by atoms with Gasteiger partial charge in [0, 0.05) is 43.5 Å². The Hall–Kier alpha value is -1.29. The first-order valence-electron chi connectivity index (χ1n) is 6.02. The van der Waals surface area contributed by atoms with Crippen LogP contribution in [-0.2, 0) is 0 Å². The van der Waals surface area contributed by atoms with E-state index in [9.17, 15) is 4.39 Å². The van der Waals surface area contributed by atoms with Crippen molar-refractivity contribution in [1.29, 1.82) is 0 Å². The quantitative estimate of drug-likeness (QED) is 0.853. The predicted molar refractivity (Wildman–Crippen MR) is 67.2 cm³/mol. The Morgan fingerprint density at radius 3 is 2.94 bits per heavy atom. The largest absolute Gasteiger partial charge is 0.497 e. The zero-order chi connectivity index (χ0) is 12.3. The van der Waals surface area contributed by atoms with Crippen LogP contribution in [-0.4, -0.2) is 32.8 Å². The molecule has 3 nitrogen and oxygen atoms in total. The Kier molecular flexibility index (Phi) is 3.84. The summed E-state index contributed by atoms with van der Waals surface area (Å²) in [5.74, 6) is 0.329. The van der Waals surface area contributed by atoms with Gasteiger partial charge in [-0.15, -0.1) is 0 Å². The van der Waals surface area contributed by atoms with Gasteiger partial charge < -0.3 is 15.0 Å². The van der Waals surface area contributed by atoms with Crippen LogP contribution >= 0.6 is 0 Å². The molecule has 0 amide bonds. The fourth-order valence-electron chi connectivity index (χ4n) is 2.12. The summed E-state index contributed by atoms with van der Waals surface area (Å²) in [7, 11) is 1.56. The number of rotatable bonds is 2. The van der Waals surface area contributed by atoms with Gasteiger partial charge in [0.2, 0.25) is 0 Å². The maximum atomic E-state index is 13.4. The van der Waals surface area contributed by atoms with Gasteiger partial charge in [-0.25, -0.2) is 4.39 Å². The van der Waals surface area contributed by atoms with Crippen LogP contribution in [0.25, 0.3) is 0 Å². The van der Waals surface area contributed by atoms with Crippen molar-refractivity contribution < 1.29 is 9.13 Å². The fraction of sp³-hybridized carbons (Fsp3) is 0.538. The summed E-state index contributed by atoms with van der Waals surface area (Å²) >= 11 is 0. The summed E-state index contributed by atoms with van der Waals surface area (Å²) in [5, 5.41) is 3.42. The first kappa shape index (κ1) is 12.2. The maximum absolute atomic E-state index is 13.4. The fourth-order valence-corrected chi connectivity index (χ4v) is 2.12. The molecule has 1 heterocycles. The minimum atomic E-state index is -0.246. The van der Waals surface area contributed by atoms with E-state index in [0.717, 1.165) is 31.7 Å². The molecule has 1 unspecified atom stereocenters. The van der Waals surface area contributed by atoms with Crippen molar-refractivity contribution in [2.45, 2.75) is 19.4 Å². The van der Waals surface area contributed by atoms with Gasteiger partial charge in [0.15, 0.2) is 0 Å². The van der Waals surface area contributed by atoms with Crippen LogP contribution in [0.3, 0.4) is 0 Å². The lowest BCUT2D eigenvalue weighted by atomic mass is 10.2. The molecule has 1 aromatic rings. The second-order valence-electron chi connectivity index (χ2n) is 4.48. The van der Waals surface area contributed by atoms with E-state index in [1.807, 2.05) is 6.07 Å². The molecule has 1 aliphatic rings. The van der Waals surface area contributed by atoms with Gasteiger partial charge in [-0.05, 0) is 19.4 Å². The molecular formula is C13H19FN2O. The van der Waals surface area contributed by atoms with Crippen LogP contribution in [0.5, 0.6) is 5.75 Å². The number of nitrogens with zero attached hydrogens (tertiary/aromatic N) is 1. The number of methoxy groups -OCH3 is 1. The normalized spacial score (nSPS) is 21.1. The molecule has 0 radical (unpaired) electrons. The first-order chi connectivity index (χ1) is 8.19. The van der Waals surface area contributed by atoms with E-state index in [4.69, 9.17) is 4.74 Å². The molecule has 0 spiro atoms. The van der Waals surface area contributed by atoms with Crippen LogP contribution in [0.15, 0.2) is 18.2 Å². The number of anilines is 1. The van der Waals surface area contributed by atoms with Crippen molar-refractivity contribution in [3.05, 3.63) is 24.0 Å². The lowest BCUT2D eigenvalue weighted by molar-refractivity contribution is 0.411. The smallest absolute Gasteiger partial charge is 0.128 e. The number of nitrogens with one attached hydrogen (secondary N) is 1. The molecule has 0 bridgehead atoms. The Bertz CT molecular complexity index is 384. The van der Waals surface area contributed by atoms with E-state index in [2.05, 4.69) is 17.1 Å². The molecule has 0 aromatic heterocycles. The third-order valence-electron chi connectivity index (χ3n) is 3.16. The minimum Gasteiger partial charge on any atom is -0.497 e. The van der Waals surface area contributed by atoms with Gasteiger partial charge in [0.25, 0.3) is 0 Å². The van der Waals surface area contributed by atoms with Crippen LogP contribution in [0.4, 0.5) is 10.1 Å². The minimum absolute atomic E-state index is 0.246. The third-order valence-corrected chi connectivity index (χ3v) is 3.16. The molecule has 17 heavy (non-hydrogen) atoms. The summed E-state index contributed by atoms with van der Waals surface area (Å²) in [6, 6.07) is 5.38. The van der Waals surface area contributed by atoms with Crippen LogP contribution < -0.4 is 15.0 Å². The van der Waals surface area contributed by atoms with Gasteiger partial charge in [0.05, 0.1) is 7.11 Å². The van der Waals surface area contributed by atoms with E-state index in [0.29, 0.717) is 11.8 Å². The molecule has 94 valence electrons. The van der Waals surface area contributed by atoms with E-state index < -0.39 is 0 Å². The SMILES string of the molecule is COc1cc(F)cc(N2CCNC(C)CC2)c1. The number of halogens is 1. The average molecular weight is 238 g/mol. The lowest BCUT2D eigenvalue weighted by Gasteiger charge is -2.22. The highest BCUT2D eigenvalue weighted by Gasteiger charge is 2.14. The Balaban J connectivity index is 2.17. The number of benzene rings is 1. The predicted octanol–water partition coefficient (Wildman–Crippen LogP) is 2.02. The standard InChI is InChI=1S/C13H19FN2O/c1-10-3-5-16(6-4-15-10)12-7-11(14)8-13(9-12)17-2/h7-10,15H,3-6H2,1-2H3. The molecule has 1 saturated heterocycles. The van der Waals surface area contributed by atoms with E-state index in [1.54, 1.807) is 13.2 Å². The van der Waals surface area contributed by atoms with Crippen molar-refractivity contribution in [3.63, 3.8) is 0 Å². The second-order valence-corrected chi connectivity index (χ2v) is 4.48. The highest BCUT2D eigenvalue weighted by molar-refractivity contribution is 5.51. The topological polar surface area (TPSA) is 24.5 Å². The number of hydrogen-bond donors (Lipinski definition) is 1. The second kappa shape index (κ2) is 5.36. The molecule has 1 aliphatic heterocycles. The third kappa shape index (κ3) is 3.09. The Labute approximate surface area is 102 Å². The van der Waals surface area contributed by atoms with Crippen molar-refractivity contribution in [1.82, 2.24) is 5.32 Å². The van der Waals surface area contributed by atoms with E-state index in [-0.39, 0.29) is 5.82 Å². The van der Waals surface area contributed by atoms with Crippen molar-refractivity contribution in [2.75, 3.05) is 31.6 Å². The summed E-state index contributed by atoms with van der Waals surface area (Å²) in [5.41, 5.74) is 0.901. The highest BCUT2D eigenvalue weighted by atomic mass is 19.1. The molecular weight excluding hydrogens is 219 g/mol. The number of hydrogen-bond acceptors (Lipinski definition) is 3. The first-order valence-corrected chi connectivity index (χ1v) is 6.02. The van der Waals surface area contributed by atoms with Gasteiger partial charge in [-0.3, -0.25) is 0 Å². The molecule has 0 aliphatic carbocycles. The van der Waals surface area contributed by atoms with E-state index >= 15 is 0 Å². The lowest BCUT2D eigenvalue weighted by Crippen LogP contribution is -2.29. The highest BCUT2D eigenvalue weighted by Crippen LogP contribution is 2.24. The molecule has 1 atom stereocenters. The van der Waals surface area contributed by atoms with Gasteiger partial charge in [-0.2, -0.15) is 0 Å². The van der Waals surface area contributed by atoms with Crippen LogP contribution in [0, 0.1) is 5.82 Å². The van der Waals surface area contributed by atoms with Crippen LogP contribution in [0.2, 0.25) is 0 Å². The molecule has 2 rings (SSSR count). The Morgan fingerprint density at radius 2 is 2.18 bits per heavy atom. The average Bonchev–Trinajstić information content (AvgIpc) is 2.53. The summed E-state index contributed by atoms with van der Waals surface area (Å²) in [6.45, 7) is 4.95. The molecule has 1 N–H and O–H groups in total. The molecule has 0 saturated carbocycles. The van der Waals surface area contributed by atoms with E-state index in [1.165, 1.54) is 6.07 Å². The van der Waals surface area contributed by atoms with Crippen molar-refractivity contribution in [3.8, 4) is 5.75 Å². The summed E-state index contributed by atoms with van der Waals surface area (Å²) < 4.78 is 18.5. The molecule has 4 heteroatoms. The zero-order valence-corrected chi connectivity index (χ0v) is 10.4. The van der Waals surface area contributed by atoms with Gasteiger partial charge in [-0.1, -0.05) is 0 Å². The number of ether oxygens (including phenoxy) is 1. The summed E-state index contributed by atoms with van der Waals surface area (Å²) in [6.07, 6.45) is 1.07. The Morgan fingerprint density at radius 1 is 1.35 bits per heavy atom.